The van der Waals surface area contributed by atoms with Crippen molar-refractivity contribution in [1.29, 1.82) is 0 Å². The molecule has 0 atom stereocenters. The molecule has 32 heavy (non-hydrogen) atoms. The van der Waals surface area contributed by atoms with Crippen molar-refractivity contribution in [1.82, 2.24) is 14.5 Å². The molecule has 0 aliphatic carbocycles. The summed E-state index contributed by atoms with van der Waals surface area (Å²) >= 11 is 0. The number of sulfonamides is 1. The molecule has 0 bridgehead atoms. The summed E-state index contributed by atoms with van der Waals surface area (Å²) in [6, 6.07) is 5.23. The summed E-state index contributed by atoms with van der Waals surface area (Å²) in [6.45, 7) is 4.77. The minimum atomic E-state index is -3.63. The van der Waals surface area contributed by atoms with Crippen LogP contribution in [-0.2, 0) is 24.3 Å². The number of hydrogen-bond acceptors (Lipinski definition) is 6. The van der Waals surface area contributed by atoms with Gasteiger partial charge in [-0.25, -0.2) is 13.2 Å². The van der Waals surface area contributed by atoms with Crippen molar-refractivity contribution in [2.24, 2.45) is 0 Å². The van der Waals surface area contributed by atoms with Crippen LogP contribution >= 0.6 is 0 Å². The molecule has 10 nitrogen and oxygen atoms in total. The number of nitrogens with one attached hydrogen (secondary N) is 2. The van der Waals surface area contributed by atoms with Crippen LogP contribution in [0.15, 0.2) is 29.2 Å². The number of imide groups is 1. The highest BCUT2D eigenvalue weighted by molar-refractivity contribution is 7.89. The quantitative estimate of drug-likeness (QED) is 0.532. The van der Waals surface area contributed by atoms with E-state index >= 15 is 0 Å². The summed E-state index contributed by atoms with van der Waals surface area (Å²) in [5, 5.41) is 5.39. The summed E-state index contributed by atoms with van der Waals surface area (Å²) in [4.78, 5) is 38.8. The lowest BCUT2D eigenvalue weighted by Crippen LogP contribution is -2.47. The number of benzene rings is 1. The third-order valence-electron chi connectivity index (χ3n) is 5.65. The molecular weight excluding hydrogens is 436 g/mol. The second kappa shape index (κ2) is 9.97. The summed E-state index contributed by atoms with van der Waals surface area (Å²) in [5.74, 6) is -0.922. The summed E-state index contributed by atoms with van der Waals surface area (Å²) < 4.78 is 31.9. The number of amides is 4. The fraction of sp³-hybridized carbons (Fsp3) is 0.571. The zero-order valence-electron chi connectivity index (χ0n) is 18.4. The van der Waals surface area contributed by atoms with Crippen molar-refractivity contribution in [3.63, 3.8) is 0 Å². The zero-order chi connectivity index (χ0) is 23.4. The van der Waals surface area contributed by atoms with E-state index in [0.29, 0.717) is 44.8 Å². The Labute approximate surface area is 188 Å². The van der Waals surface area contributed by atoms with Crippen LogP contribution in [0.25, 0.3) is 0 Å². The number of urea groups is 1. The molecule has 0 unspecified atom stereocenters. The van der Waals surface area contributed by atoms with E-state index in [9.17, 15) is 22.8 Å². The molecule has 2 N–H and O–H groups in total. The SMILES string of the molecule is CCCC1(CCC)NC(=O)N(CC(=O)Nc2ccc(S(=O)(=O)N3CCOCC3)cc2)C1=O. The predicted octanol–water partition coefficient (Wildman–Crippen LogP) is 1.54. The maximum Gasteiger partial charge on any atom is 0.325 e. The first kappa shape index (κ1) is 24.1. The number of ether oxygens (including phenoxy) is 1. The molecule has 2 aliphatic heterocycles. The molecule has 176 valence electrons. The summed E-state index contributed by atoms with van der Waals surface area (Å²) in [7, 11) is -3.63. The highest BCUT2D eigenvalue weighted by Crippen LogP contribution is 2.28. The smallest absolute Gasteiger partial charge is 0.325 e. The molecule has 4 amide bonds. The Hall–Kier alpha value is -2.50. The van der Waals surface area contributed by atoms with Gasteiger partial charge in [-0.2, -0.15) is 4.31 Å². The lowest BCUT2D eigenvalue weighted by Gasteiger charge is -2.26. The number of morpholine rings is 1. The first-order valence-corrected chi connectivity index (χ1v) is 12.3. The highest BCUT2D eigenvalue weighted by atomic mass is 32.2. The first-order valence-electron chi connectivity index (χ1n) is 10.9. The molecule has 2 aliphatic rings. The largest absolute Gasteiger partial charge is 0.379 e. The van der Waals surface area contributed by atoms with Gasteiger partial charge in [0, 0.05) is 18.8 Å². The molecule has 0 spiro atoms. The number of nitrogens with zero attached hydrogens (tertiary/aromatic N) is 2. The van der Waals surface area contributed by atoms with Crippen molar-refractivity contribution in [3.05, 3.63) is 24.3 Å². The lowest BCUT2D eigenvalue weighted by atomic mass is 9.88. The number of anilines is 1. The number of carbonyl (C=O) groups is 3. The summed E-state index contributed by atoms with van der Waals surface area (Å²) in [5.41, 5.74) is -0.576. The number of carbonyl (C=O) groups excluding carboxylic acids is 3. The van der Waals surface area contributed by atoms with Crippen LogP contribution < -0.4 is 10.6 Å². The van der Waals surface area contributed by atoms with Gasteiger partial charge in [0.05, 0.1) is 18.1 Å². The van der Waals surface area contributed by atoms with Gasteiger partial charge >= 0.3 is 6.03 Å². The molecule has 1 aromatic carbocycles. The van der Waals surface area contributed by atoms with Gasteiger partial charge in [-0.15, -0.1) is 0 Å². The lowest BCUT2D eigenvalue weighted by molar-refractivity contribution is -0.134. The second-order valence-corrected chi connectivity index (χ2v) is 9.93. The van der Waals surface area contributed by atoms with E-state index in [-0.39, 0.29) is 10.8 Å². The Morgan fingerprint density at radius 1 is 1.09 bits per heavy atom. The zero-order valence-corrected chi connectivity index (χ0v) is 19.2. The van der Waals surface area contributed by atoms with E-state index in [2.05, 4.69) is 10.6 Å². The topological polar surface area (TPSA) is 125 Å². The minimum absolute atomic E-state index is 0.121. The van der Waals surface area contributed by atoms with E-state index in [1.807, 2.05) is 13.8 Å². The molecule has 0 radical (unpaired) electrons. The van der Waals surface area contributed by atoms with Crippen molar-refractivity contribution in [3.8, 4) is 0 Å². The molecule has 11 heteroatoms. The third-order valence-corrected chi connectivity index (χ3v) is 7.56. The van der Waals surface area contributed by atoms with Crippen LogP contribution in [0, 0.1) is 0 Å². The van der Waals surface area contributed by atoms with Crippen molar-refractivity contribution < 1.29 is 27.5 Å². The van der Waals surface area contributed by atoms with Crippen LogP contribution in [0.1, 0.15) is 39.5 Å². The molecule has 2 saturated heterocycles. The Bertz CT molecular complexity index is 951. The Balaban J connectivity index is 1.64. The molecule has 1 aromatic rings. The van der Waals surface area contributed by atoms with Crippen LogP contribution in [0.3, 0.4) is 0 Å². The maximum atomic E-state index is 12.9. The van der Waals surface area contributed by atoms with E-state index in [0.717, 1.165) is 17.7 Å². The van der Waals surface area contributed by atoms with Gasteiger partial charge in [0.15, 0.2) is 0 Å². The summed E-state index contributed by atoms with van der Waals surface area (Å²) in [6.07, 6.45) is 2.49. The maximum absolute atomic E-state index is 12.9. The van der Waals surface area contributed by atoms with Crippen LogP contribution in [0.5, 0.6) is 0 Å². The predicted molar refractivity (Wildman–Crippen MR) is 117 cm³/mol. The third kappa shape index (κ3) is 4.94. The van der Waals surface area contributed by atoms with Crippen LogP contribution in [0.2, 0.25) is 0 Å². The molecule has 2 fully saturated rings. The van der Waals surface area contributed by atoms with Gasteiger partial charge in [-0.05, 0) is 37.1 Å². The highest BCUT2D eigenvalue weighted by Gasteiger charge is 2.50. The van der Waals surface area contributed by atoms with Gasteiger partial charge in [0.25, 0.3) is 5.91 Å². The molecule has 0 aromatic heterocycles. The van der Waals surface area contributed by atoms with Crippen molar-refractivity contribution >= 4 is 33.6 Å². The number of hydrogen-bond donors (Lipinski definition) is 2. The van der Waals surface area contributed by atoms with Crippen molar-refractivity contribution in [2.45, 2.75) is 50.0 Å². The number of rotatable bonds is 9. The molecule has 3 rings (SSSR count). The molecular formula is C21H30N4O6S. The van der Waals surface area contributed by atoms with E-state index in [1.54, 1.807) is 0 Å². The van der Waals surface area contributed by atoms with E-state index < -0.39 is 34.0 Å². The Morgan fingerprint density at radius 3 is 2.25 bits per heavy atom. The van der Waals surface area contributed by atoms with Crippen LogP contribution in [0.4, 0.5) is 10.5 Å². The minimum Gasteiger partial charge on any atom is -0.379 e. The average Bonchev–Trinajstić information content (AvgIpc) is 2.99. The monoisotopic (exact) mass is 466 g/mol. The average molecular weight is 467 g/mol. The van der Waals surface area contributed by atoms with Gasteiger partial charge in [0.2, 0.25) is 15.9 Å². The van der Waals surface area contributed by atoms with Crippen LogP contribution in [-0.4, -0.2) is 73.9 Å². The second-order valence-electron chi connectivity index (χ2n) is 7.99. The standard InChI is InChI=1S/C21H30N4O6S/c1-3-9-21(10-4-2)19(27)25(20(28)23-21)15-18(26)22-16-5-7-17(8-6-16)32(29,30)24-11-13-31-14-12-24/h5-8H,3-4,9-15H2,1-2H3,(H,22,26)(H,23,28). The Morgan fingerprint density at radius 2 is 1.69 bits per heavy atom. The first-order chi connectivity index (χ1) is 15.2. The van der Waals surface area contributed by atoms with Crippen molar-refractivity contribution in [2.75, 3.05) is 38.2 Å². The fourth-order valence-electron chi connectivity index (χ4n) is 4.13. The van der Waals surface area contributed by atoms with E-state index in [4.69, 9.17) is 4.74 Å². The van der Waals surface area contributed by atoms with Gasteiger partial charge in [-0.1, -0.05) is 26.7 Å². The van der Waals surface area contributed by atoms with Gasteiger partial charge in [0.1, 0.15) is 12.1 Å². The van der Waals surface area contributed by atoms with Gasteiger partial charge in [-0.3, -0.25) is 14.5 Å². The van der Waals surface area contributed by atoms with E-state index in [1.165, 1.54) is 28.6 Å². The fourth-order valence-corrected chi connectivity index (χ4v) is 5.54. The van der Waals surface area contributed by atoms with Gasteiger partial charge < -0.3 is 15.4 Å². The molecule has 0 saturated carbocycles. The molecule has 2 heterocycles. The normalized spacial score (nSPS) is 19.1. The Kier molecular flexibility index (Phi) is 7.52.